The lowest BCUT2D eigenvalue weighted by Gasteiger charge is -2.61. The number of carbonyl (C=O) groups is 1. The van der Waals surface area contributed by atoms with Crippen molar-refractivity contribution in [1.82, 2.24) is 0 Å². The predicted molar refractivity (Wildman–Crippen MR) is 216 cm³/mol. The van der Waals surface area contributed by atoms with E-state index in [2.05, 4.69) is 27.7 Å². The molecule has 0 aromatic heterocycles. The average Bonchev–Trinajstić information content (AvgIpc) is 3.73. The Labute approximate surface area is 373 Å². The quantitative estimate of drug-likeness (QED) is 0.117. The van der Waals surface area contributed by atoms with Gasteiger partial charge in [0, 0.05) is 30.1 Å². The van der Waals surface area contributed by atoms with Crippen LogP contribution in [-0.4, -0.2) is 193 Å². The van der Waals surface area contributed by atoms with E-state index in [0.29, 0.717) is 43.5 Å². The first kappa shape index (κ1) is 48.0. The number of rotatable bonds is 9. The van der Waals surface area contributed by atoms with Gasteiger partial charge in [0.05, 0.1) is 38.6 Å². The molecule has 64 heavy (non-hydrogen) atoms. The zero-order valence-electron chi connectivity index (χ0n) is 37.2. The van der Waals surface area contributed by atoms with Crippen molar-refractivity contribution in [3.05, 3.63) is 0 Å². The van der Waals surface area contributed by atoms with Crippen molar-refractivity contribution in [1.29, 1.82) is 0 Å². The van der Waals surface area contributed by atoms with E-state index in [0.717, 1.165) is 38.5 Å². The highest BCUT2D eigenvalue weighted by molar-refractivity contribution is 5.87. The maximum atomic E-state index is 14.7. The Morgan fingerprint density at radius 2 is 1.23 bits per heavy atom. The van der Waals surface area contributed by atoms with E-state index in [4.69, 9.17) is 37.9 Å². The Bertz CT molecular complexity index is 1650. The Hall–Kier alpha value is -1.05. The molecule has 1 spiro atoms. The van der Waals surface area contributed by atoms with Crippen molar-refractivity contribution in [2.24, 2.45) is 52.3 Å². The van der Waals surface area contributed by atoms with Gasteiger partial charge in [-0.3, -0.25) is 4.79 Å². The maximum Gasteiger partial charge on any atom is 0.187 e. The number of carbonyl (C=O) groups excluding carboxylic acids is 1. The molecule has 5 aliphatic heterocycles. The highest BCUT2D eigenvalue weighted by Crippen LogP contribution is 2.70. The second-order valence-corrected chi connectivity index (χ2v) is 21.4. The van der Waals surface area contributed by atoms with Gasteiger partial charge in [-0.15, -0.1) is 0 Å². The van der Waals surface area contributed by atoms with Crippen LogP contribution in [0.25, 0.3) is 0 Å². The third-order valence-electron chi connectivity index (χ3n) is 18.2. The SMILES string of the molecule is C[C@@H]1CC[C@@]2(OC1)O[C@H]1C[C@@H]3[C@@H]4CC[C@@H]5C[C@@H](O[C@@H]6O[C@H](CO)[C@@H](O)[C@H](O[C@@H]7O[C@H](CO)[C@@H](O)[C@H](O)[C@H]7O)[C@H]6O[C@@H]6O[C@H](CO)[C@@H](O)[C@H](O)[C@H]6O)CC[C@]5(C)[C@H]4CC(=O)[C@]3(C)[C@@H]1[C@@H]2C. The Morgan fingerprint density at radius 1 is 0.641 bits per heavy atom. The summed E-state index contributed by atoms with van der Waals surface area (Å²) >= 11 is 0. The lowest BCUT2D eigenvalue weighted by Crippen LogP contribution is -2.67. The van der Waals surface area contributed by atoms with Crippen LogP contribution < -0.4 is 0 Å². The summed E-state index contributed by atoms with van der Waals surface area (Å²) in [6, 6.07) is 0. The summed E-state index contributed by atoms with van der Waals surface area (Å²) in [4.78, 5) is 14.7. The van der Waals surface area contributed by atoms with E-state index in [-0.39, 0.29) is 41.1 Å². The normalized spacial score (nSPS) is 57.5. The smallest absolute Gasteiger partial charge is 0.187 e. The van der Waals surface area contributed by atoms with Gasteiger partial charge in [0.2, 0.25) is 0 Å². The topological polar surface area (TPSA) is 293 Å². The summed E-state index contributed by atoms with van der Waals surface area (Å²) in [6.45, 7) is 7.37. The van der Waals surface area contributed by atoms with Crippen LogP contribution in [-0.2, 0) is 42.7 Å². The monoisotopic (exact) mass is 916 g/mol. The largest absolute Gasteiger partial charge is 0.394 e. The van der Waals surface area contributed by atoms with Gasteiger partial charge in [-0.25, -0.2) is 0 Å². The molecule has 4 aliphatic carbocycles. The first-order valence-electron chi connectivity index (χ1n) is 23.8. The third-order valence-corrected chi connectivity index (χ3v) is 18.2. The van der Waals surface area contributed by atoms with E-state index in [1.165, 1.54) is 0 Å². The third kappa shape index (κ3) is 7.67. The molecule has 0 unspecified atom stereocenters. The van der Waals surface area contributed by atoms with Crippen molar-refractivity contribution in [3.63, 3.8) is 0 Å². The molecule has 0 radical (unpaired) electrons. The van der Waals surface area contributed by atoms with Crippen molar-refractivity contribution in [3.8, 4) is 0 Å². The van der Waals surface area contributed by atoms with E-state index < -0.39 is 129 Å². The van der Waals surface area contributed by atoms with Gasteiger partial charge in [0.1, 0.15) is 79.0 Å². The predicted octanol–water partition coefficient (Wildman–Crippen LogP) is -1.55. The first-order valence-corrected chi connectivity index (χ1v) is 23.8. The van der Waals surface area contributed by atoms with Gasteiger partial charge in [0.15, 0.2) is 24.7 Å². The standard InChI is InChI=1S/C45H72O19/c1-18-7-10-45(57-17-18)19(2)30-25(64-45)12-24-22-6-5-20-11-21(8-9-43(20,3)23(22)13-29(49)44(24,30)4)58-42-39(63-41-37(56)35(54)32(51)27(15-47)60-41)38(33(52)28(16-48)61-42)62-40-36(55)34(53)31(50)26(14-46)59-40/h18-28,30-42,46-48,50-56H,5-17H2,1-4H3/t18-,19+,20-,21+,22-,23+,24-,25+,26-,27-,28-,30-,31-,32-,33-,34+,35+,36-,37-,38+,39-,40+,41+,42-,43+,44-,45-/m1/s1. The molecule has 9 aliphatic rings. The summed E-state index contributed by atoms with van der Waals surface area (Å²) in [5.41, 5.74) is -0.660. The van der Waals surface area contributed by atoms with Gasteiger partial charge in [-0.1, -0.05) is 27.7 Å². The Morgan fingerprint density at radius 3 is 1.83 bits per heavy atom. The molecule has 10 N–H and O–H groups in total. The minimum atomic E-state index is -1.89. The summed E-state index contributed by atoms with van der Waals surface area (Å²) in [7, 11) is 0. The minimum absolute atomic E-state index is 0.0146. The van der Waals surface area contributed by atoms with Gasteiger partial charge in [-0.05, 0) is 80.0 Å². The van der Waals surface area contributed by atoms with Crippen LogP contribution in [0.1, 0.15) is 85.5 Å². The number of ketones is 1. The van der Waals surface area contributed by atoms with Crippen molar-refractivity contribution in [2.75, 3.05) is 26.4 Å². The van der Waals surface area contributed by atoms with Gasteiger partial charge < -0.3 is 89.0 Å². The number of ether oxygens (including phenoxy) is 8. The molecule has 19 heteroatoms. The Kier molecular flexibility index (Phi) is 13.5. The van der Waals surface area contributed by atoms with E-state index in [1.54, 1.807) is 0 Å². The molecule has 19 nitrogen and oxygen atoms in total. The number of fused-ring (bicyclic) bond motifs is 7. The molecule has 0 aromatic rings. The fraction of sp³-hybridized carbons (Fsp3) is 0.978. The lowest BCUT2D eigenvalue weighted by atomic mass is 9.44. The number of hydrogen-bond donors (Lipinski definition) is 10. The molecular formula is C45H72O19. The van der Waals surface area contributed by atoms with E-state index >= 15 is 0 Å². The molecule has 27 atom stereocenters. The molecule has 9 rings (SSSR count). The molecular weight excluding hydrogens is 844 g/mol. The summed E-state index contributed by atoms with van der Waals surface area (Å²) in [6.07, 6.45) is -18.4. The summed E-state index contributed by atoms with van der Waals surface area (Å²) < 4.78 is 49.8. The second kappa shape index (κ2) is 18.0. The van der Waals surface area contributed by atoms with E-state index in [1.807, 2.05) is 0 Å². The zero-order chi connectivity index (χ0) is 45.8. The number of aliphatic hydroxyl groups is 10. The molecule has 0 amide bonds. The molecule has 0 bridgehead atoms. The summed E-state index contributed by atoms with van der Waals surface area (Å²) in [5, 5.41) is 106. The highest BCUT2D eigenvalue weighted by atomic mass is 16.8. The van der Waals surface area contributed by atoms with Crippen LogP contribution in [0.2, 0.25) is 0 Å². The second-order valence-electron chi connectivity index (χ2n) is 21.4. The maximum absolute atomic E-state index is 14.7. The van der Waals surface area contributed by atoms with Crippen LogP contribution in [0.3, 0.4) is 0 Å². The molecule has 4 saturated carbocycles. The summed E-state index contributed by atoms with van der Waals surface area (Å²) in [5.74, 6) is 1.32. The average molecular weight is 917 g/mol. The molecule has 366 valence electrons. The van der Waals surface area contributed by atoms with Crippen molar-refractivity contribution < 1.29 is 93.8 Å². The Balaban J connectivity index is 0.937. The first-order chi connectivity index (χ1) is 30.4. The fourth-order valence-corrected chi connectivity index (χ4v) is 14.3. The zero-order valence-corrected chi connectivity index (χ0v) is 37.2. The molecule has 9 fully saturated rings. The van der Waals surface area contributed by atoms with Crippen molar-refractivity contribution in [2.45, 2.75) is 196 Å². The highest BCUT2D eigenvalue weighted by Gasteiger charge is 2.72. The van der Waals surface area contributed by atoms with Gasteiger partial charge in [-0.2, -0.15) is 0 Å². The van der Waals surface area contributed by atoms with Gasteiger partial charge >= 0.3 is 0 Å². The van der Waals surface area contributed by atoms with Crippen LogP contribution in [0.5, 0.6) is 0 Å². The van der Waals surface area contributed by atoms with Crippen molar-refractivity contribution >= 4 is 5.78 Å². The molecule has 5 heterocycles. The van der Waals surface area contributed by atoms with Crippen LogP contribution >= 0.6 is 0 Å². The molecule has 0 aromatic carbocycles. The van der Waals surface area contributed by atoms with Crippen LogP contribution in [0.15, 0.2) is 0 Å². The lowest BCUT2D eigenvalue weighted by molar-refractivity contribution is -0.396. The van der Waals surface area contributed by atoms with Gasteiger partial charge in [0.25, 0.3) is 0 Å². The van der Waals surface area contributed by atoms with E-state index in [9.17, 15) is 55.9 Å². The fourth-order valence-electron chi connectivity index (χ4n) is 14.3. The number of hydrogen-bond acceptors (Lipinski definition) is 19. The molecule has 5 saturated heterocycles. The van der Waals surface area contributed by atoms with Crippen LogP contribution in [0.4, 0.5) is 0 Å². The number of Topliss-reactive ketones (excluding diaryl/α,β-unsaturated/α-hetero) is 1. The number of aliphatic hydroxyl groups excluding tert-OH is 10. The minimum Gasteiger partial charge on any atom is -0.394 e. The van der Waals surface area contributed by atoms with Crippen LogP contribution in [0, 0.1) is 52.3 Å².